The van der Waals surface area contributed by atoms with Gasteiger partial charge in [0.15, 0.2) is 5.83 Å². The highest BCUT2D eigenvalue weighted by molar-refractivity contribution is 14.1. The maximum absolute atomic E-state index is 13.3. The summed E-state index contributed by atoms with van der Waals surface area (Å²) in [6.45, 7) is 0. The molecular formula is C10H7F2IO2. The van der Waals surface area contributed by atoms with Gasteiger partial charge in [0.1, 0.15) is 0 Å². The lowest BCUT2D eigenvalue weighted by molar-refractivity contribution is -0.137. The minimum Gasteiger partial charge on any atom is -0.464 e. The smallest absolute Gasteiger partial charge is 0.370 e. The van der Waals surface area contributed by atoms with Gasteiger partial charge in [0.05, 0.1) is 7.11 Å². The molecule has 0 unspecified atom stereocenters. The van der Waals surface area contributed by atoms with Gasteiger partial charge in [-0.1, -0.05) is 12.1 Å². The van der Waals surface area contributed by atoms with Crippen LogP contribution in [0, 0.1) is 3.57 Å². The van der Waals surface area contributed by atoms with Crippen molar-refractivity contribution in [3.05, 3.63) is 39.2 Å². The molecule has 0 aliphatic carbocycles. The van der Waals surface area contributed by atoms with Crippen LogP contribution < -0.4 is 0 Å². The van der Waals surface area contributed by atoms with Crippen LogP contribution in [0.1, 0.15) is 5.56 Å². The minimum absolute atomic E-state index is 0.0123. The predicted molar refractivity (Wildman–Crippen MR) is 60.3 cm³/mol. The number of rotatable bonds is 2. The highest BCUT2D eigenvalue weighted by atomic mass is 127. The fraction of sp³-hybridized carbons (Fsp3) is 0.100. The van der Waals surface area contributed by atoms with Crippen LogP contribution in [-0.4, -0.2) is 13.1 Å². The molecule has 0 aliphatic heterocycles. The average molecular weight is 324 g/mol. The van der Waals surface area contributed by atoms with E-state index in [0.717, 1.165) is 10.7 Å². The number of carbonyl (C=O) groups is 1. The number of halogens is 3. The van der Waals surface area contributed by atoms with Gasteiger partial charge < -0.3 is 4.74 Å². The molecule has 0 bridgehead atoms. The summed E-state index contributed by atoms with van der Waals surface area (Å²) >= 11 is 2.03. The van der Waals surface area contributed by atoms with Crippen molar-refractivity contribution in [3.63, 3.8) is 0 Å². The van der Waals surface area contributed by atoms with Crippen molar-refractivity contribution >= 4 is 34.4 Å². The second-order valence-electron chi connectivity index (χ2n) is 2.63. The Morgan fingerprint density at radius 2 is 1.80 bits per heavy atom. The molecule has 0 saturated heterocycles. The second kappa shape index (κ2) is 5.20. The maximum atomic E-state index is 13.3. The van der Waals surface area contributed by atoms with Crippen molar-refractivity contribution in [2.45, 2.75) is 0 Å². The predicted octanol–water partition coefficient (Wildman–Crippen LogP) is 3.07. The molecule has 1 aromatic carbocycles. The van der Waals surface area contributed by atoms with Crippen LogP contribution in [0.3, 0.4) is 0 Å². The highest BCUT2D eigenvalue weighted by Gasteiger charge is 2.17. The summed E-state index contributed by atoms with van der Waals surface area (Å²) in [6, 6.07) is 6.00. The van der Waals surface area contributed by atoms with Gasteiger partial charge in [-0.25, -0.2) is 9.18 Å². The first-order chi connectivity index (χ1) is 7.06. The topological polar surface area (TPSA) is 26.3 Å². The fourth-order valence-corrected chi connectivity index (χ4v) is 1.26. The molecule has 1 aromatic rings. The van der Waals surface area contributed by atoms with Gasteiger partial charge in [-0.05, 0) is 34.7 Å². The quantitative estimate of drug-likeness (QED) is 0.475. The standard InChI is InChI=1S/C10H7F2IO2/c1-15-10(14)9(12)8(11)6-2-4-7(13)5-3-6/h2-5H,1H3/b9-8+. The Kier molecular flexibility index (Phi) is 4.19. The molecule has 0 saturated carbocycles. The van der Waals surface area contributed by atoms with Crippen LogP contribution in [0.4, 0.5) is 8.78 Å². The SMILES string of the molecule is COC(=O)/C(F)=C(\F)c1ccc(I)cc1. The van der Waals surface area contributed by atoms with E-state index in [9.17, 15) is 13.6 Å². The number of hydrogen-bond acceptors (Lipinski definition) is 2. The Hall–Kier alpha value is -0.980. The molecule has 5 heteroatoms. The van der Waals surface area contributed by atoms with Gasteiger partial charge in [-0.15, -0.1) is 0 Å². The van der Waals surface area contributed by atoms with Gasteiger partial charge in [0.25, 0.3) is 0 Å². The molecule has 1 rings (SSSR count). The van der Waals surface area contributed by atoms with E-state index in [0.29, 0.717) is 0 Å². The lowest BCUT2D eigenvalue weighted by atomic mass is 10.2. The lowest BCUT2D eigenvalue weighted by Gasteiger charge is -2.00. The number of hydrogen-bond donors (Lipinski definition) is 0. The zero-order chi connectivity index (χ0) is 11.4. The van der Waals surface area contributed by atoms with E-state index >= 15 is 0 Å². The molecular weight excluding hydrogens is 317 g/mol. The summed E-state index contributed by atoms with van der Waals surface area (Å²) in [4.78, 5) is 10.7. The third-order valence-corrected chi connectivity index (χ3v) is 2.37. The number of carbonyl (C=O) groups excluding carboxylic acids is 1. The first-order valence-electron chi connectivity index (χ1n) is 3.95. The van der Waals surface area contributed by atoms with Crippen LogP contribution in [0.15, 0.2) is 30.1 Å². The van der Waals surface area contributed by atoms with Gasteiger partial charge in [0.2, 0.25) is 5.83 Å². The normalized spacial score (nSPS) is 12.0. The molecule has 0 aliphatic rings. The Bertz CT molecular complexity index is 398. The van der Waals surface area contributed by atoms with E-state index in [4.69, 9.17) is 0 Å². The van der Waals surface area contributed by atoms with Crippen LogP contribution in [0.25, 0.3) is 5.83 Å². The molecule has 0 aromatic heterocycles. The van der Waals surface area contributed by atoms with Crippen LogP contribution in [-0.2, 0) is 9.53 Å². The molecule has 0 atom stereocenters. The molecule has 0 N–H and O–H groups in total. The van der Waals surface area contributed by atoms with Crippen molar-refractivity contribution < 1.29 is 18.3 Å². The number of esters is 1. The van der Waals surface area contributed by atoms with Crippen LogP contribution in [0.5, 0.6) is 0 Å². The van der Waals surface area contributed by atoms with Gasteiger partial charge in [-0.2, -0.15) is 4.39 Å². The third-order valence-electron chi connectivity index (χ3n) is 1.65. The third kappa shape index (κ3) is 2.98. The number of methoxy groups -OCH3 is 1. The summed E-state index contributed by atoms with van der Waals surface area (Å²) in [7, 11) is 0.989. The zero-order valence-electron chi connectivity index (χ0n) is 7.76. The van der Waals surface area contributed by atoms with Crippen molar-refractivity contribution in [1.82, 2.24) is 0 Å². The van der Waals surface area contributed by atoms with Crippen molar-refractivity contribution in [3.8, 4) is 0 Å². The van der Waals surface area contributed by atoms with Gasteiger partial charge >= 0.3 is 5.97 Å². The molecule has 0 amide bonds. The van der Waals surface area contributed by atoms with E-state index in [2.05, 4.69) is 4.74 Å². The van der Waals surface area contributed by atoms with Crippen LogP contribution >= 0.6 is 22.6 Å². The summed E-state index contributed by atoms with van der Waals surface area (Å²) < 4.78 is 31.3. The van der Waals surface area contributed by atoms with E-state index in [1.54, 1.807) is 12.1 Å². The van der Waals surface area contributed by atoms with Crippen molar-refractivity contribution in [1.29, 1.82) is 0 Å². The molecule has 0 radical (unpaired) electrons. The Balaban J connectivity index is 3.07. The van der Waals surface area contributed by atoms with Crippen molar-refractivity contribution in [2.24, 2.45) is 0 Å². The average Bonchev–Trinajstić information content (AvgIpc) is 2.27. The van der Waals surface area contributed by atoms with Crippen LogP contribution in [0.2, 0.25) is 0 Å². The maximum Gasteiger partial charge on any atom is 0.370 e. The Morgan fingerprint density at radius 1 is 1.27 bits per heavy atom. The highest BCUT2D eigenvalue weighted by Crippen LogP contribution is 2.22. The largest absolute Gasteiger partial charge is 0.464 e. The summed E-state index contributed by atoms with van der Waals surface area (Å²) in [5, 5.41) is 0. The fourth-order valence-electron chi connectivity index (χ4n) is 0.902. The Morgan fingerprint density at radius 3 is 2.27 bits per heavy atom. The van der Waals surface area contributed by atoms with E-state index in [1.165, 1.54) is 12.1 Å². The number of benzene rings is 1. The van der Waals surface area contributed by atoms with E-state index in [1.807, 2.05) is 22.6 Å². The summed E-state index contributed by atoms with van der Waals surface area (Å²) in [5.41, 5.74) is 0.0123. The summed E-state index contributed by atoms with van der Waals surface area (Å²) in [6.07, 6.45) is 0. The first kappa shape index (κ1) is 12.1. The minimum atomic E-state index is -1.52. The lowest BCUT2D eigenvalue weighted by Crippen LogP contribution is -2.02. The van der Waals surface area contributed by atoms with E-state index in [-0.39, 0.29) is 5.56 Å². The van der Waals surface area contributed by atoms with Crippen molar-refractivity contribution in [2.75, 3.05) is 7.11 Å². The van der Waals surface area contributed by atoms with Gasteiger partial charge in [0, 0.05) is 9.13 Å². The molecule has 0 spiro atoms. The van der Waals surface area contributed by atoms with E-state index < -0.39 is 17.6 Å². The molecule has 2 nitrogen and oxygen atoms in total. The Labute approximate surface area is 99.1 Å². The molecule has 0 fully saturated rings. The molecule has 0 heterocycles. The van der Waals surface area contributed by atoms with Gasteiger partial charge in [-0.3, -0.25) is 0 Å². The summed E-state index contributed by atoms with van der Waals surface area (Å²) in [5.74, 6) is -4.04. The first-order valence-corrected chi connectivity index (χ1v) is 5.03. The molecule has 80 valence electrons. The monoisotopic (exact) mass is 324 g/mol. The molecule has 15 heavy (non-hydrogen) atoms. The second-order valence-corrected chi connectivity index (χ2v) is 3.87. The zero-order valence-corrected chi connectivity index (χ0v) is 9.92. The number of ether oxygens (including phenoxy) is 1.